The van der Waals surface area contributed by atoms with Crippen molar-refractivity contribution in [1.29, 1.82) is 0 Å². The third-order valence-corrected chi connectivity index (χ3v) is 4.05. The number of halogens is 3. The van der Waals surface area contributed by atoms with Crippen LogP contribution in [0.15, 0.2) is 47.5 Å². The molecule has 0 radical (unpaired) electrons. The van der Waals surface area contributed by atoms with Crippen LogP contribution in [0.5, 0.6) is 0 Å². The number of benzene rings is 2. The van der Waals surface area contributed by atoms with Gasteiger partial charge in [-0.3, -0.25) is 14.2 Å². The first-order valence-corrected chi connectivity index (χ1v) is 7.83. The van der Waals surface area contributed by atoms with Crippen molar-refractivity contribution >= 4 is 33.5 Å². The first-order chi connectivity index (χ1) is 12.9. The quantitative estimate of drug-likeness (QED) is 0.580. The summed E-state index contributed by atoms with van der Waals surface area (Å²) in [4.78, 5) is 31.7. The normalized spacial score (nSPS) is 11.2. The second-order valence-electron chi connectivity index (χ2n) is 5.89. The molecule has 0 aliphatic rings. The van der Waals surface area contributed by atoms with E-state index in [-0.39, 0.29) is 17.7 Å². The molecule has 2 heterocycles. The average molecular weight is 372 g/mol. The maximum absolute atomic E-state index is 13.4. The number of amides is 1. The standard InChI is InChI=1S/C18H11F3N4O2/c19-9-1-4-14-11(5-9)16-17(24-14)18(27)25(8-22-16)7-15(26)23-10-2-3-12(20)13(21)6-10/h1-6,8,24H,7H2,(H,23,26). The minimum Gasteiger partial charge on any atom is -0.349 e. The Morgan fingerprint density at radius 1 is 1.11 bits per heavy atom. The maximum Gasteiger partial charge on any atom is 0.278 e. The topological polar surface area (TPSA) is 79.8 Å². The summed E-state index contributed by atoms with van der Waals surface area (Å²) in [6.45, 7) is -0.384. The van der Waals surface area contributed by atoms with Crippen LogP contribution in [0.2, 0.25) is 0 Å². The van der Waals surface area contributed by atoms with Gasteiger partial charge in [0.25, 0.3) is 5.56 Å². The number of carbonyl (C=O) groups excluding carboxylic acids is 1. The lowest BCUT2D eigenvalue weighted by Gasteiger charge is -2.07. The monoisotopic (exact) mass is 372 g/mol. The number of hydrogen-bond donors (Lipinski definition) is 2. The molecule has 4 aromatic rings. The van der Waals surface area contributed by atoms with E-state index in [0.29, 0.717) is 16.4 Å². The Kier molecular flexibility index (Phi) is 3.91. The summed E-state index contributed by atoms with van der Waals surface area (Å²) in [6.07, 6.45) is 1.17. The smallest absolute Gasteiger partial charge is 0.278 e. The van der Waals surface area contributed by atoms with Gasteiger partial charge in [-0.2, -0.15) is 0 Å². The molecule has 2 N–H and O–H groups in total. The van der Waals surface area contributed by atoms with Gasteiger partial charge >= 0.3 is 0 Å². The van der Waals surface area contributed by atoms with E-state index in [9.17, 15) is 22.8 Å². The molecule has 0 bridgehead atoms. The van der Waals surface area contributed by atoms with E-state index in [1.165, 1.54) is 30.6 Å². The number of nitrogens with one attached hydrogen (secondary N) is 2. The van der Waals surface area contributed by atoms with Gasteiger partial charge in [0, 0.05) is 22.7 Å². The Balaban J connectivity index is 1.64. The van der Waals surface area contributed by atoms with Crippen LogP contribution >= 0.6 is 0 Å². The van der Waals surface area contributed by atoms with Crippen molar-refractivity contribution in [3.8, 4) is 0 Å². The van der Waals surface area contributed by atoms with E-state index in [1.54, 1.807) is 0 Å². The molecule has 0 aliphatic carbocycles. The van der Waals surface area contributed by atoms with Gasteiger partial charge in [0.1, 0.15) is 23.4 Å². The molecule has 9 heteroatoms. The molecule has 0 saturated carbocycles. The first-order valence-electron chi connectivity index (χ1n) is 7.83. The number of carbonyl (C=O) groups is 1. The van der Waals surface area contributed by atoms with Gasteiger partial charge < -0.3 is 10.3 Å². The number of nitrogens with zero attached hydrogens (tertiary/aromatic N) is 2. The average Bonchev–Trinajstić information content (AvgIpc) is 2.99. The highest BCUT2D eigenvalue weighted by Gasteiger charge is 2.14. The highest BCUT2D eigenvalue weighted by atomic mass is 19.2. The molecule has 0 saturated heterocycles. The predicted octanol–water partition coefficient (Wildman–Crippen LogP) is 2.93. The van der Waals surface area contributed by atoms with Crippen molar-refractivity contribution in [1.82, 2.24) is 14.5 Å². The third-order valence-electron chi connectivity index (χ3n) is 4.05. The molecule has 2 aromatic carbocycles. The maximum atomic E-state index is 13.4. The fourth-order valence-corrected chi connectivity index (χ4v) is 2.80. The van der Waals surface area contributed by atoms with Gasteiger partial charge in [-0.05, 0) is 30.3 Å². The first kappa shape index (κ1) is 16.8. The van der Waals surface area contributed by atoms with E-state index >= 15 is 0 Å². The van der Waals surface area contributed by atoms with Crippen molar-refractivity contribution < 1.29 is 18.0 Å². The Morgan fingerprint density at radius 3 is 2.70 bits per heavy atom. The second kappa shape index (κ2) is 6.27. The zero-order valence-corrected chi connectivity index (χ0v) is 13.6. The second-order valence-corrected chi connectivity index (χ2v) is 5.89. The van der Waals surface area contributed by atoms with Crippen LogP contribution in [0, 0.1) is 17.5 Å². The van der Waals surface area contributed by atoms with Crippen molar-refractivity contribution in [2.45, 2.75) is 6.54 Å². The van der Waals surface area contributed by atoms with E-state index < -0.39 is 28.9 Å². The molecule has 0 atom stereocenters. The van der Waals surface area contributed by atoms with Gasteiger partial charge in [0.15, 0.2) is 11.6 Å². The van der Waals surface area contributed by atoms with E-state index in [1.807, 2.05) is 0 Å². The summed E-state index contributed by atoms with van der Waals surface area (Å²) in [5.74, 6) is -3.21. The van der Waals surface area contributed by atoms with Gasteiger partial charge in [0.05, 0.1) is 6.33 Å². The lowest BCUT2D eigenvalue weighted by atomic mass is 10.2. The van der Waals surface area contributed by atoms with E-state index in [2.05, 4.69) is 15.3 Å². The van der Waals surface area contributed by atoms with E-state index in [4.69, 9.17) is 0 Å². The Hall–Kier alpha value is -3.62. The molecule has 0 unspecified atom stereocenters. The van der Waals surface area contributed by atoms with E-state index in [0.717, 1.165) is 16.7 Å². The number of rotatable bonds is 3. The van der Waals surface area contributed by atoms with Gasteiger partial charge in [-0.25, -0.2) is 18.2 Å². The molecule has 0 spiro atoms. The number of fused-ring (bicyclic) bond motifs is 3. The van der Waals surface area contributed by atoms with Crippen LogP contribution in [0.3, 0.4) is 0 Å². The molecule has 136 valence electrons. The fraction of sp³-hybridized carbons (Fsp3) is 0.0556. The van der Waals surface area contributed by atoms with Crippen molar-refractivity contribution in [2.24, 2.45) is 0 Å². The van der Waals surface area contributed by atoms with Gasteiger partial charge in [-0.1, -0.05) is 0 Å². The zero-order valence-electron chi connectivity index (χ0n) is 13.6. The molecule has 6 nitrogen and oxygen atoms in total. The van der Waals surface area contributed by atoms with Crippen molar-refractivity contribution in [3.05, 3.63) is 70.5 Å². The highest BCUT2D eigenvalue weighted by molar-refractivity contribution is 6.04. The molecular weight excluding hydrogens is 361 g/mol. The van der Waals surface area contributed by atoms with Crippen LogP contribution in [-0.4, -0.2) is 20.4 Å². The summed E-state index contributed by atoms with van der Waals surface area (Å²) in [5.41, 5.74) is 0.518. The zero-order chi connectivity index (χ0) is 19.1. The number of aromatic amines is 1. The lowest BCUT2D eigenvalue weighted by molar-refractivity contribution is -0.116. The number of hydrogen-bond acceptors (Lipinski definition) is 3. The molecule has 4 rings (SSSR count). The minimum atomic E-state index is -1.10. The van der Waals surface area contributed by atoms with Gasteiger partial charge in [-0.15, -0.1) is 0 Å². The largest absolute Gasteiger partial charge is 0.349 e. The summed E-state index contributed by atoms with van der Waals surface area (Å²) in [6, 6.07) is 6.93. The third kappa shape index (κ3) is 3.03. The molecule has 1 amide bonds. The fourth-order valence-electron chi connectivity index (χ4n) is 2.80. The molecular formula is C18H11F3N4O2. The van der Waals surface area contributed by atoms with Crippen LogP contribution in [0.1, 0.15) is 0 Å². The highest BCUT2D eigenvalue weighted by Crippen LogP contribution is 2.22. The van der Waals surface area contributed by atoms with Crippen molar-refractivity contribution in [3.63, 3.8) is 0 Å². The SMILES string of the molecule is O=C(Cn1cnc2c([nH]c3ccc(F)cc32)c1=O)Nc1ccc(F)c(F)c1. The van der Waals surface area contributed by atoms with Crippen LogP contribution in [0.4, 0.5) is 18.9 Å². The number of H-pyrrole nitrogens is 1. The number of aromatic nitrogens is 3. The van der Waals surface area contributed by atoms with Crippen molar-refractivity contribution in [2.75, 3.05) is 5.32 Å². The summed E-state index contributed by atoms with van der Waals surface area (Å²) < 4.78 is 40.6. The predicted molar refractivity (Wildman–Crippen MR) is 92.8 cm³/mol. The Morgan fingerprint density at radius 2 is 1.93 bits per heavy atom. The van der Waals surface area contributed by atoms with Crippen LogP contribution < -0.4 is 10.9 Å². The Labute approximate surface area is 149 Å². The lowest BCUT2D eigenvalue weighted by Crippen LogP contribution is -2.28. The summed E-state index contributed by atoms with van der Waals surface area (Å²) >= 11 is 0. The number of anilines is 1. The molecule has 0 fully saturated rings. The molecule has 2 aromatic heterocycles. The summed E-state index contributed by atoms with van der Waals surface area (Å²) in [5, 5.41) is 2.83. The summed E-state index contributed by atoms with van der Waals surface area (Å²) in [7, 11) is 0. The Bertz CT molecular complexity index is 1260. The van der Waals surface area contributed by atoms with Crippen LogP contribution in [-0.2, 0) is 11.3 Å². The molecule has 0 aliphatic heterocycles. The molecule has 27 heavy (non-hydrogen) atoms. The minimum absolute atomic E-state index is 0.0575. The van der Waals surface area contributed by atoms with Gasteiger partial charge in [0.2, 0.25) is 5.91 Å². The van der Waals surface area contributed by atoms with Crippen LogP contribution in [0.25, 0.3) is 21.9 Å².